The van der Waals surface area contributed by atoms with E-state index in [9.17, 15) is 0 Å². The van der Waals surface area contributed by atoms with Crippen molar-refractivity contribution in [1.29, 1.82) is 0 Å². The van der Waals surface area contributed by atoms with Crippen LogP contribution in [-0.4, -0.2) is 28.2 Å². The van der Waals surface area contributed by atoms with E-state index in [0.29, 0.717) is 11.8 Å². The van der Waals surface area contributed by atoms with Crippen molar-refractivity contribution in [2.24, 2.45) is 28.1 Å². The molecule has 0 fully saturated rings. The van der Waals surface area contributed by atoms with Gasteiger partial charge in [0.15, 0.2) is 0 Å². The lowest BCUT2D eigenvalue weighted by molar-refractivity contribution is -0.637. The molecule has 26 heavy (non-hydrogen) atoms. The topological polar surface area (TPSA) is 3.01 Å². The zero-order chi connectivity index (χ0) is 20.9. The minimum Gasteiger partial charge on any atom is -0.408 e. The fraction of sp³-hybridized carbons (Fsp3) is 0.826. The van der Waals surface area contributed by atoms with Crippen LogP contribution in [0.25, 0.3) is 0 Å². The highest BCUT2D eigenvalue weighted by atomic mass is 32.7. The maximum Gasteiger partial charge on any atom is 0.136 e. The van der Waals surface area contributed by atoms with Crippen LogP contribution >= 0.6 is 19.7 Å². The Morgan fingerprint density at radius 2 is 1.35 bits per heavy atom. The molecular formula is C23H42NPS. The van der Waals surface area contributed by atoms with Gasteiger partial charge in [-0.05, 0) is 55.3 Å². The fourth-order valence-electron chi connectivity index (χ4n) is 4.12. The molecule has 3 heteroatoms. The maximum absolute atomic E-state index is 6.83. The van der Waals surface area contributed by atoms with Gasteiger partial charge in [0.25, 0.3) is 0 Å². The predicted octanol–water partition coefficient (Wildman–Crippen LogP) is 7.02. The molecule has 1 unspecified atom stereocenters. The molecule has 0 aromatic carbocycles. The minimum atomic E-state index is -0.0939. The summed E-state index contributed by atoms with van der Waals surface area (Å²) in [5.74, 6) is 0.735. The number of rotatable bonds is 1. The molecule has 0 saturated heterocycles. The Bertz CT molecular complexity index is 600. The molecule has 0 aromatic rings. The zero-order valence-electron chi connectivity index (χ0n) is 19.2. The summed E-state index contributed by atoms with van der Waals surface area (Å²) in [6.45, 7) is 34.5. The van der Waals surface area contributed by atoms with Crippen LogP contribution < -0.4 is 0 Å². The molecule has 0 saturated carbocycles. The lowest BCUT2D eigenvalue weighted by Gasteiger charge is -2.52. The molecule has 0 heterocycles. The van der Waals surface area contributed by atoms with Gasteiger partial charge < -0.3 is 4.58 Å². The molecule has 0 spiro atoms. The van der Waals surface area contributed by atoms with Gasteiger partial charge in [0.2, 0.25) is 0 Å². The van der Waals surface area contributed by atoms with Crippen molar-refractivity contribution in [3.8, 4) is 0 Å². The summed E-state index contributed by atoms with van der Waals surface area (Å²) in [6, 6.07) is 0.246. The number of allylic oxidation sites excluding steroid dienone is 1. The van der Waals surface area contributed by atoms with Crippen LogP contribution in [0.3, 0.4) is 0 Å². The number of hydrogen-bond acceptors (Lipinski definition) is 1. The molecule has 0 bridgehead atoms. The van der Waals surface area contributed by atoms with E-state index >= 15 is 0 Å². The Hall–Kier alpha value is -0.0700. The van der Waals surface area contributed by atoms with Gasteiger partial charge in [0.1, 0.15) is 11.6 Å². The van der Waals surface area contributed by atoms with Gasteiger partial charge in [-0.25, -0.2) is 6.72 Å². The van der Waals surface area contributed by atoms with Crippen LogP contribution in [0.15, 0.2) is 11.6 Å². The molecule has 0 N–H and O–H groups in total. The van der Waals surface area contributed by atoms with Crippen molar-refractivity contribution in [2.45, 2.75) is 94.7 Å². The second-order valence-electron chi connectivity index (χ2n) is 12.1. The highest BCUT2D eigenvalue weighted by Crippen LogP contribution is 2.51. The molecule has 0 radical (unpaired) electrons. The van der Waals surface area contributed by atoms with E-state index in [1.165, 1.54) is 10.9 Å². The largest absolute Gasteiger partial charge is 0.408 e. The van der Waals surface area contributed by atoms with Gasteiger partial charge in [-0.15, -0.1) is 12.2 Å². The van der Waals surface area contributed by atoms with Crippen LogP contribution in [0.4, 0.5) is 0 Å². The zero-order valence-corrected chi connectivity index (χ0v) is 21.0. The normalized spacial score (nSPS) is 27.5. The van der Waals surface area contributed by atoms with Crippen LogP contribution in [0.1, 0.15) is 83.1 Å². The highest BCUT2D eigenvalue weighted by Gasteiger charge is 2.52. The first-order valence-electron chi connectivity index (χ1n) is 9.82. The first-order chi connectivity index (χ1) is 11.3. The molecule has 0 amide bonds. The molecular weight excluding hydrogens is 353 g/mol. The fourth-order valence-corrected chi connectivity index (χ4v) is 5.99. The summed E-state index contributed by atoms with van der Waals surface area (Å²) < 4.78 is 2.13. The standard InChI is InChI=1S/C23H42NPS/c1-20(2,3)15-14-16(21(4,5)6)19(25-26)17(22(7,8)9)18(15)24(13)23(10,11)12/h13-15,17-18,26H,1-12H3/t15?,17-,18+/m0/s1. The lowest BCUT2D eigenvalue weighted by atomic mass is 9.58. The molecule has 1 rings (SSSR count). The monoisotopic (exact) mass is 395 g/mol. The van der Waals surface area contributed by atoms with Gasteiger partial charge in [-0.1, -0.05) is 68.4 Å². The van der Waals surface area contributed by atoms with Crippen molar-refractivity contribution in [3.63, 3.8) is 0 Å². The lowest BCUT2D eigenvalue weighted by Crippen LogP contribution is -2.57. The van der Waals surface area contributed by atoms with E-state index in [2.05, 4.69) is 93.7 Å². The summed E-state index contributed by atoms with van der Waals surface area (Å²) in [6.07, 6.45) is 2.52. The first kappa shape index (κ1) is 24.0. The average Bonchev–Trinajstić information content (AvgIpc) is 2.39. The van der Waals surface area contributed by atoms with E-state index in [0.717, 1.165) is 7.41 Å². The molecule has 1 aliphatic rings. The van der Waals surface area contributed by atoms with Gasteiger partial charge in [-0.2, -0.15) is 0 Å². The third kappa shape index (κ3) is 5.05. The number of thiol groups is 1. The summed E-state index contributed by atoms with van der Waals surface area (Å²) in [7, 11) is 1.07. The Kier molecular flexibility index (Phi) is 6.82. The van der Waals surface area contributed by atoms with Crippen molar-refractivity contribution in [2.75, 3.05) is 0 Å². The SMILES string of the molecule is [CH-]=[N+]([C@@H]1C(C(C)(C)C)C=C(C(C)(C)C)C(=PS)[C@H]1C(C)(C)C)C(C)(C)C. The van der Waals surface area contributed by atoms with Gasteiger partial charge in [0, 0.05) is 5.92 Å². The summed E-state index contributed by atoms with van der Waals surface area (Å²) in [5.41, 5.74) is 1.71. The van der Waals surface area contributed by atoms with Gasteiger partial charge in [0.05, 0.1) is 5.92 Å². The smallest absolute Gasteiger partial charge is 0.136 e. The van der Waals surface area contributed by atoms with E-state index in [4.69, 9.17) is 19.0 Å². The predicted molar refractivity (Wildman–Crippen MR) is 124 cm³/mol. The molecule has 0 aliphatic heterocycles. The second-order valence-corrected chi connectivity index (χ2v) is 13.4. The summed E-state index contributed by atoms with van der Waals surface area (Å²) in [5, 5.41) is 1.44. The molecule has 0 aromatic heterocycles. The Labute approximate surface area is 170 Å². The van der Waals surface area contributed by atoms with Gasteiger partial charge in [-0.3, -0.25) is 0 Å². The molecule has 150 valence electrons. The molecule has 1 aliphatic carbocycles. The van der Waals surface area contributed by atoms with E-state index in [1.807, 2.05) is 0 Å². The summed E-state index contributed by atoms with van der Waals surface area (Å²) in [4.78, 5) is 0. The van der Waals surface area contributed by atoms with Crippen LogP contribution in [-0.2, 0) is 0 Å². The first-order valence-corrected chi connectivity index (χ1v) is 11.9. The van der Waals surface area contributed by atoms with Crippen LogP contribution in [0.2, 0.25) is 0 Å². The van der Waals surface area contributed by atoms with Crippen LogP contribution in [0.5, 0.6) is 0 Å². The van der Waals surface area contributed by atoms with E-state index in [-0.39, 0.29) is 27.8 Å². The number of nitrogens with zero attached hydrogens (tertiary/aromatic N) is 1. The maximum atomic E-state index is 6.83. The quantitative estimate of drug-likeness (QED) is 0.160. The minimum absolute atomic E-state index is 0.0939. The molecule has 3 atom stereocenters. The van der Waals surface area contributed by atoms with Gasteiger partial charge >= 0.3 is 0 Å². The average molecular weight is 396 g/mol. The van der Waals surface area contributed by atoms with Crippen molar-refractivity contribution in [1.82, 2.24) is 0 Å². The Morgan fingerprint density at radius 1 is 0.885 bits per heavy atom. The van der Waals surface area contributed by atoms with E-state index in [1.54, 1.807) is 0 Å². The van der Waals surface area contributed by atoms with Crippen molar-refractivity contribution >= 4 is 31.7 Å². The highest BCUT2D eigenvalue weighted by molar-refractivity contribution is 8.37. The second kappa shape index (κ2) is 7.40. The van der Waals surface area contributed by atoms with E-state index < -0.39 is 0 Å². The Morgan fingerprint density at radius 3 is 1.62 bits per heavy atom. The van der Waals surface area contributed by atoms with Crippen LogP contribution in [0, 0.1) is 28.1 Å². The third-order valence-electron chi connectivity index (χ3n) is 5.57. The van der Waals surface area contributed by atoms with Crippen molar-refractivity contribution < 1.29 is 4.58 Å². The summed E-state index contributed by atoms with van der Waals surface area (Å²) >= 11 is 4.76. The van der Waals surface area contributed by atoms with Crippen molar-refractivity contribution in [3.05, 3.63) is 11.6 Å². The third-order valence-corrected chi connectivity index (χ3v) is 6.95. The molecule has 1 nitrogen and oxygen atoms in total. The Balaban J connectivity index is 3.87. The number of hydrogen-bond donors (Lipinski definition) is 1.